The van der Waals surface area contributed by atoms with Crippen LogP contribution in [0, 0.1) is 0 Å². The molecule has 0 heterocycles. The summed E-state index contributed by atoms with van der Waals surface area (Å²) in [6.45, 7) is -0.383. The van der Waals surface area contributed by atoms with Gasteiger partial charge in [0.1, 0.15) is 0 Å². The minimum Gasteiger partial charge on any atom is -0.480 e. The summed E-state index contributed by atoms with van der Waals surface area (Å²) in [7, 11) is 0. The molecule has 52 valence electrons. The molecule has 0 aliphatic heterocycles. The van der Waals surface area contributed by atoms with Crippen LogP contribution in [0.4, 0.5) is 0 Å². The molecule has 0 aliphatic carbocycles. The SMILES string of the molecule is NCC(N)(C=O)C(=O)O. The van der Waals surface area contributed by atoms with E-state index in [1.807, 2.05) is 0 Å². The van der Waals surface area contributed by atoms with Gasteiger partial charge in [-0.1, -0.05) is 0 Å². The Balaban J connectivity index is 4.27. The Morgan fingerprint density at radius 1 is 1.78 bits per heavy atom. The third kappa shape index (κ3) is 1.48. The van der Waals surface area contributed by atoms with Crippen LogP contribution >= 0.6 is 0 Å². The van der Waals surface area contributed by atoms with Crippen molar-refractivity contribution in [2.24, 2.45) is 11.5 Å². The molecule has 0 aromatic heterocycles. The van der Waals surface area contributed by atoms with Gasteiger partial charge in [0.15, 0.2) is 11.8 Å². The standard InChI is InChI=1S/C4H8N2O3/c5-1-4(6,2-7)3(8)9/h2H,1,5-6H2,(H,8,9). The lowest BCUT2D eigenvalue weighted by atomic mass is 10.1. The Morgan fingerprint density at radius 3 is 2.22 bits per heavy atom. The van der Waals surface area contributed by atoms with Crippen LogP contribution < -0.4 is 11.5 Å². The lowest BCUT2D eigenvalue weighted by Gasteiger charge is -2.12. The maximum atomic E-state index is 10.0. The number of carbonyl (C=O) groups is 2. The van der Waals surface area contributed by atoms with E-state index in [9.17, 15) is 9.59 Å². The van der Waals surface area contributed by atoms with Gasteiger partial charge in [-0.2, -0.15) is 0 Å². The lowest BCUT2D eigenvalue weighted by molar-refractivity contribution is -0.144. The van der Waals surface area contributed by atoms with Gasteiger partial charge in [-0.05, 0) is 0 Å². The summed E-state index contributed by atoms with van der Waals surface area (Å²) in [6.07, 6.45) is 0.120. The average Bonchev–Trinajstić information content (AvgIpc) is 1.86. The number of carbonyl (C=O) groups excluding carboxylic acids is 1. The van der Waals surface area contributed by atoms with Crippen molar-refractivity contribution >= 4 is 12.3 Å². The maximum absolute atomic E-state index is 10.0. The van der Waals surface area contributed by atoms with E-state index in [2.05, 4.69) is 0 Å². The molecule has 0 saturated carbocycles. The van der Waals surface area contributed by atoms with E-state index < -0.39 is 11.5 Å². The Bertz CT molecular complexity index is 136. The zero-order valence-corrected chi connectivity index (χ0v) is 4.70. The number of aldehydes is 1. The molecule has 5 N–H and O–H groups in total. The number of carboxylic acid groups (broad SMARTS) is 1. The third-order valence-corrected chi connectivity index (χ3v) is 0.946. The fraction of sp³-hybridized carbons (Fsp3) is 0.500. The molecule has 0 fully saturated rings. The molecule has 1 unspecified atom stereocenters. The van der Waals surface area contributed by atoms with Crippen LogP contribution in [0.25, 0.3) is 0 Å². The molecular formula is C4H8N2O3. The van der Waals surface area contributed by atoms with Crippen molar-refractivity contribution < 1.29 is 14.7 Å². The minimum absolute atomic E-state index is 0.120. The highest BCUT2D eigenvalue weighted by atomic mass is 16.4. The largest absolute Gasteiger partial charge is 0.480 e. The Kier molecular flexibility index (Phi) is 2.29. The summed E-state index contributed by atoms with van der Waals surface area (Å²) in [5.74, 6) is -1.40. The Morgan fingerprint density at radius 2 is 2.22 bits per heavy atom. The van der Waals surface area contributed by atoms with Crippen molar-refractivity contribution in [3.8, 4) is 0 Å². The van der Waals surface area contributed by atoms with Crippen molar-refractivity contribution in [2.45, 2.75) is 5.54 Å². The smallest absolute Gasteiger partial charge is 0.332 e. The van der Waals surface area contributed by atoms with Crippen LogP contribution in [0.3, 0.4) is 0 Å². The molecule has 0 bridgehead atoms. The van der Waals surface area contributed by atoms with E-state index >= 15 is 0 Å². The van der Waals surface area contributed by atoms with Crippen LogP contribution in [-0.2, 0) is 9.59 Å². The fourth-order valence-corrected chi connectivity index (χ4v) is 0.186. The predicted octanol–water partition coefficient (Wildman–Crippen LogP) is -2.07. The van der Waals surface area contributed by atoms with E-state index in [4.69, 9.17) is 16.6 Å². The van der Waals surface area contributed by atoms with Gasteiger partial charge in [-0.25, -0.2) is 4.79 Å². The van der Waals surface area contributed by atoms with E-state index in [1.54, 1.807) is 0 Å². The van der Waals surface area contributed by atoms with Crippen LogP contribution in [0.2, 0.25) is 0 Å². The molecule has 1 atom stereocenters. The summed E-state index contributed by atoms with van der Waals surface area (Å²) in [5, 5.41) is 8.20. The van der Waals surface area contributed by atoms with Gasteiger partial charge in [-0.3, -0.25) is 0 Å². The molecule has 0 rings (SSSR count). The molecule has 0 saturated heterocycles. The van der Waals surface area contributed by atoms with E-state index in [-0.39, 0.29) is 12.8 Å². The molecule has 9 heavy (non-hydrogen) atoms. The summed E-state index contributed by atoms with van der Waals surface area (Å²) in [5.41, 5.74) is 7.93. The fourth-order valence-electron chi connectivity index (χ4n) is 0.186. The van der Waals surface area contributed by atoms with Crippen LogP contribution in [0.5, 0.6) is 0 Å². The lowest BCUT2D eigenvalue weighted by Crippen LogP contribution is -2.55. The number of carboxylic acids is 1. The third-order valence-electron chi connectivity index (χ3n) is 0.946. The molecule has 0 amide bonds. The predicted molar refractivity (Wildman–Crippen MR) is 29.7 cm³/mol. The highest BCUT2D eigenvalue weighted by molar-refractivity contribution is 5.97. The van der Waals surface area contributed by atoms with Crippen molar-refractivity contribution in [1.29, 1.82) is 0 Å². The first kappa shape index (κ1) is 8.06. The second-order valence-electron chi connectivity index (χ2n) is 1.67. The normalized spacial score (nSPS) is 16.2. The number of nitrogens with two attached hydrogens (primary N) is 2. The Labute approximate surface area is 51.6 Å². The first-order valence-corrected chi connectivity index (χ1v) is 2.25. The van der Waals surface area contributed by atoms with E-state index in [0.717, 1.165) is 0 Å². The zero-order chi connectivity index (χ0) is 7.49. The van der Waals surface area contributed by atoms with Gasteiger partial charge < -0.3 is 21.4 Å². The molecule has 0 aromatic carbocycles. The quantitative estimate of drug-likeness (QED) is 0.302. The summed E-state index contributed by atoms with van der Waals surface area (Å²) >= 11 is 0. The molecule has 0 radical (unpaired) electrons. The van der Waals surface area contributed by atoms with Gasteiger partial charge in [0.05, 0.1) is 0 Å². The topological polar surface area (TPSA) is 106 Å². The minimum atomic E-state index is -1.90. The van der Waals surface area contributed by atoms with Crippen molar-refractivity contribution in [3.05, 3.63) is 0 Å². The summed E-state index contributed by atoms with van der Waals surface area (Å²) in [4.78, 5) is 20.0. The average molecular weight is 132 g/mol. The second kappa shape index (κ2) is 2.56. The van der Waals surface area contributed by atoms with Crippen LogP contribution in [-0.4, -0.2) is 29.4 Å². The van der Waals surface area contributed by atoms with E-state index in [0.29, 0.717) is 0 Å². The maximum Gasteiger partial charge on any atom is 0.332 e. The van der Waals surface area contributed by atoms with Crippen molar-refractivity contribution in [3.63, 3.8) is 0 Å². The van der Waals surface area contributed by atoms with Crippen molar-refractivity contribution in [1.82, 2.24) is 0 Å². The highest BCUT2D eigenvalue weighted by Crippen LogP contribution is 1.90. The highest BCUT2D eigenvalue weighted by Gasteiger charge is 2.31. The Hall–Kier alpha value is -0.940. The molecule has 0 spiro atoms. The molecular weight excluding hydrogens is 124 g/mol. The first-order valence-electron chi connectivity index (χ1n) is 2.25. The van der Waals surface area contributed by atoms with Gasteiger partial charge in [-0.15, -0.1) is 0 Å². The number of rotatable bonds is 3. The van der Waals surface area contributed by atoms with Gasteiger partial charge >= 0.3 is 5.97 Å². The zero-order valence-electron chi connectivity index (χ0n) is 4.70. The number of hydrogen-bond donors (Lipinski definition) is 3. The van der Waals surface area contributed by atoms with Gasteiger partial charge in [0.2, 0.25) is 0 Å². The number of aliphatic carboxylic acids is 1. The summed E-state index contributed by atoms with van der Waals surface area (Å²) in [6, 6.07) is 0. The first-order chi connectivity index (χ1) is 4.06. The molecule has 0 aromatic rings. The van der Waals surface area contributed by atoms with Gasteiger partial charge in [0.25, 0.3) is 0 Å². The molecule has 0 aliphatic rings. The second-order valence-corrected chi connectivity index (χ2v) is 1.67. The molecule has 5 heteroatoms. The van der Waals surface area contributed by atoms with Gasteiger partial charge in [0, 0.05) is 6.54 Å². The monoisotopic (exact) mass is 132 g/mol. The number of hydrogen-bond acceptors (Lipinski definition) is 4. The molecule has 5 nitrogen and oxygen atoms in total. The van der Waals surface area contributed by atoms with Crippen LogP contribution in [0.15, 0.2) is 0 Å². The summed E-state index contributed by atoms with van der Waals surface area (Å²) < 4.78 is 0. The van der Waals surface area contributed by atoms with Crippen LogP contribution in [0.1, 0.15) is 0 Å². The van der Waals surface area contributed by atoms with E-state index in [1.165, 1.54) is 0 Å². The van der Waals surface area contributed by atoms with Crippen molar-refractivity contribution in [2.75, 3.05) is 6.54 Å².